The predicted octanol–water partition coefficient (Wildman–Crippen LogP) is 2.84. The van der Waals surface area contributed by atoms with Crippen molar-refractivity contribution in [3.8, 4) is 11.5 Å². The lowest BCUT2D eigenvalue weighted by molar-refractivity contribution is 0.144. The Morgan fingerprint density at radius 1 is 1.16 bits per heavy atom. The van der Waals surface area contributed by atoms with Gasteiger partial charge in [-0.2, -0.15) is 4.98 Å². The number of carbonyl (C=O) groups is 1. The molecule has 7 nitrogen and oxygen atoms in total. The summed E-state index contributed by atoms with van der Waals surface area (Å²) in [5.41, 5.74) is 1.79. The number of likely N-dealkylation sites (tertiary alicyclic amines) is 2. The lowest BCUT2D eigenvalue weighted by Crippen LogP contribution is -2.45. The van der Waals surface area contributed by atoms with Crippen molar-refractivity contribution in [3.05, 3.63) is 29.8 Å². The Morgan fingerprint density at radius 3 is 2.60 bits per heavy atom. The van der Waals surface area contributed by atoms with E-state index in [9.17, 15) is 4.79 Å². The highest BCUT2D eigenvalue weighted by Gasteiger charge is 2.30. The molecule has 25 heavy (non-hydrogen) atoms. The molecule has 2 amide bonds. The second-order valence-electron chi connectivity index (χ2n) is 6.86. The van der Waals surface area contributed by atoms with Crippen molar-refractivity contribution in [2.45, 2.75) is 38.5 Å². The molecule has 2 aromatic rings. The van der Waals surface area contributed by atoms with E-state index in [0.717, 1.165) is 63.1 Å². The highest BCUT2D eigenvalue weighted by Crippen LogP contribution is 2.29. The Bertz CT molecular complexity index is 745. The zero-order chi connectivity index (χ0) is 17.2. The van der Waals surface area contributed by atoms with Gasteiger partial charge in [-0.25, -0.2) is 4.79 Å². The summed E-state index contributed by atoms with van der Waals surface area (Å²) in [5.74, 6) is 1.42. The van der Waals surface area contributed by atoms with E-state index < -0.39 is 0 Å². The first-order chi connectivity index (χ1) is 12.2. The molecule has 0 atom stereocenters. The number of rotatable bonds is 2. The lowest BCUT2D eigenvalue weighted by Gasteiger charge is -2.33. The van der Waals surface area contributed by atoms with Gasteiger partial charge >= 0.3 is 6.03 Å². The minimum absolute atomic E-state index is 0.186. The van der Waals surface area contributed by atoms with Gasteiger partial charge in [-0.05, 0) is 44.2 Å². The molecule has 2 saturated heterocycles. The average molecular weight is 341 g/mol. The van der Waals surface area contributed by atoms with E-state index in [0.29, 0.717) is 11.7 Å². The molecule has 0 saturated carbocycles. The Hall–Kier alpha value is -2.44. The van der Waals surface area contributed by atoms with Crippen LogP contribution >= 0.6 is 0 Å². The van der Waals surface area contributed by atoms with Crippen LogP contribution in [0.15, 0.2) is 22.9 Å². The number of amides is 2. The maximum atomic E-state index is 12.5. The summed E-state index contributed by atoms with van der Waals surface area (Å²) >= 11 is 0. The van der Waals surface area contributed by atoms with E-state index in [2.05, 4.69) is 15.1 Å². The van der Waals surface area contributed by atoms with Crippen molar-refractivity contribution in [1.82, 2.24) is 24.9 Å². The second-order valence-corrected chi connectivity index (χ2v) is 6.86. The molecule has 132 valence electrons. The van der Waals surface area contributed by atoms with Crippen LogP contribution in [-0.4, -0.2) is 57.1 Å². The molecular weight excluding hydrogens is 318 g/mol. The lowest BCUT2D eigenvalue weighted by atomic mass is 9.97. The quantitative estimate of drug-likeness (QED) is 0.839. The van der Waals surface area contributed by atoms with Gasteiger partial charge in [0.25, 0.3) is 0 Å². The normalized spacial score (nSPS) is 18.8. The number of pyridine rings is 1. The van der Waals surface area contributed by atoms with Gasteiger partial charge in [0.1, 0.15) is 5.69 Å². The van der Waals surface area contributed by atoms with Gasteiger partial charge in [-0.1, -0.05) is 11.2 Å². The zero-order valence-electron chi connectivity index (χ0n) is 14.5. The van der Waals surface area contributed by atoms with Gasteiger partial charge < -0.3 is 14.3 Å². The van der Waals surface area contributed by atoms with E-state index in [-0.39, 0.29) is 11.9 Å². The molecule has 2 aliphatic rings. The number of aryl methyl sites for hydroxylation is 1. The SMILES string of the molecule is Cc1cccnc1-c1noc(C2CCN(C(=O)N3CCCC3)CC2)n1. The van der Waals surface area contributed by atoms with Crippen molar-refractivity contribution >= 4 is 6.03 Å². The molecule has 0 bridgehead atoms. The van der Waals surface area contributed by atoms with Crippen LogP contribution in [-0.2, 0) is 0 Å². The van der Waals surface area contributed by atoms with E-state index in [1.165, 1.54) is 0 Å². The van der Waals surface area contributed by atoms with Crippen LogP contribution in [0.25, 0.3) is 11.5 Å². The molecule has 7 heteroatoms. The first-order valence-electron chi connectivity index (χ1n) is 9.02. The maximum absolute atomic E-state index is 12.5. The highest BCUT2D eigenvalue weighted by atomic mass is 16.5. The number of urea groups is 1. The summed E-state index contributed by atoms with van der Waals surface area (Å²) in [6, 6.07) is 4.07. The molecule has 0 spiro atoms. The number of hydrogen-bond donors (Lipinski definition) is 0. The maximum Gasteiger partial charge on any atom is 0.319 e. The number of hydrogen-bond acceptors (Lipinski definition) is 5. The molecular formula is C18H23N5O2. The average Bonchev–Trinajstić information content (AvgIpc) is 3.34. The third-order valence-electron chi connectivity index (χ3n) is 5.15. The van der Waals surface area contributed by atoms with Gasteiger partial charge in [0.15, 0.2) is 0 Å². The van der Waals surface area contributed by atoms with Crippen LogP contribution in [0, 0.1) is 6.92 Å². The minimum atomic E-state index is 0.186. The molecule has 2 aliphatic heterocycles. The molecule has 2 aromatic heterocycles. The van der Waals surface area contributed by atoms with Gasteiger partial charge in [0.2, 0.25) is 11.7 Å². The van der Waals surface area contributed by atoms with Gasteiger partial charge in [0, 0.05) is 38.3 Å². The summed E-state index contributed by atoms with van der Waals surface area (Å²) in [6.45, 7) is 5.28. The first-order valence-corrected chi connectivity index (χ1v) is 9.02. The summed E-state index contributed by atoms with van der Waals surface area (Å²) in [5, 5.41) is 4.10. The van der Waals surface area contributed by atoms with E-state index in [1.54, 1.807) is 6.20 Å². The van der Waals surface area contributed by atoms with Gasteiger partial charge in [-0.3, -0.25) is 4.98 Å². The van der Waals surface area contributed by atoms with Crippen LogP contribution in [0.4, 0.5) is 4.79 Å². The fraction of sp³-hybridized carbons (Fsp3) is 0.556. The number of nitrogens with zero attached hydrogens (tertiary/aromatic N) is 5. The van der Waals surface area contributed by atoms with Crippen molar-refractivity contribution in [2.24, 2.45) is 0 Å². The van der Waals surface area contributed by atoms with Gasteiger partial charge in [-0.15, -0.1) is 0 Å². The van der Waals surface area contributed by atoms with E-state index in [4.69, 9.17) is 4.52 Å². The van der Waals surface area contributed by atoms with E-state index >= 15 is 0 Å². The van der Waals surface area contributed by atoms with Crippen molar-refractivity contribution < 1.29 is 9.32 Å². The Kier molecular flexibility index (Phi) is 4.38. The summed E-state index contributed by atoms with van der Waals surface area (Å²) in [6.07, 6.45) is 5.71. The number of aromatic nitrogens is 3. The summed E-state index contributed by atoms with van der Waals surface area (Å²) in [7, 11) is 0. The molecule has 0 aliphatic carbocycles. The highest BCUT2D eigenvalue weighted by molar-refractivity contribution is 5.74. The first kappa shape index (κ1) is 16.1. The minimum Gasteiger partial charge on any atom is -0.339 e. The van der Waals surface area contributed by atoms with Crippen molar-refractivity contribution in [2.75, 3.05) is 26.2 Å². The Morgan fingerprint density at radius 2 is 1.88 bits per heavy atom. The smallest absolute Gasteiger partial charge is 0.319 e. The predicted molar refractivity (Wildman–Crippen MR) is 92.0 cm³/mol. The molecule has 0 radical (unpaired) electrons. The molecule has 4 rings (SSSR count). The molecule has 4 heterocycles. The molecule has 0 aromatic carbocycles. The fourth-order valence-corrected chi connectivity index (χ4v) is 3.64. The Labute approximate surface area is 147 Å². The number of piperidine rings is 1. The molecule has 0 N–H and O–H groups in total. The number of carbonyl (C=O) groups excluding carboxylic acids is 1. The van der Waals surface area contributed by atoms with Crippen molar-refractivity contribution in [3.63, 3.8) is 0 Å². The summed E-state index contributed by atoms with van der Waals surface area (Å²) < 4.78 is 5.49. The third kappa shape index (κ3) is 3.23. The fourth-order valence-electron chi connectivity index (χ4n) is 3.64. The van der Waals surface area contributed by atoms with Crippen LogP contribution in [0.3, 0.4) is 0 Å². The van der Waals surface area contributed by atoms with Crippen molar-refractivity contribution in [1.29, 1.82) is 0 Å². The van der Waals surface area contributed by atoms with Crippen LogP contribution in [0.1, 0.15) is 43.1 Å². The topological polar surface area (TPSA) is 75.4 Å². The van der Waals surface area contributed by atoms with Gasteiger partial charge in [0.05, 0.1) is 0 Å². The molecule has 0 unspecified atom stereocenters. The standard InChI is InChI=1S/C18H23N5O2/c1-13-5-4-8-19-15(13)16-20-17(25-21-16)14-6-11-23(12-7-14)18(24)22-9-2-3-10-22/h4-5,8,14H,2-3,6-7,9-12H2,1H3. The summed E-state index contributed by atoms with van der Waals surface area (Å²) in [4.78, 5) is 25.3. The zero-order valence-corrected chi connectivity index (χ0v) is 14.5. The van der Waals surface area contributed by atoms with Crippen LogP contribution < -0.4 is 0 Å². The second kappa shape index (κ2) is 6.82. The monoisotopic (exact) mass is 341 g/mol. The third-order valence-corrected chi connectivity index (χ3v) is 5.15. The van der Waals surface area contributed by atoms with E-state index in [1.807, 2.05) is 28.9 Å². The van der Waals surface area contributed by atoms with Crippen LogP contribution in [0.5, 0.6) is 0 Å². The molecule has 2 fully saturated rings. The largest absolute Gasteiger partial charge is 0.339 e. The Balaban J connectivity index is 1.40. The van der Waals surface area contributed by atoms with Crippen LogP contribution in [0.2, 0.25) is 0 Å².